The first-order chi connectivity index (χ1) is 18.7. The summed E-state index contributed by atoms with van der Waals surface area (Å²) in [5, 5.41) is 2.86. The van der Waals surface area contributed by atoms with Crippen LogP contribution < -0.4 is 9.62 Å². The molecule has 0 fully saturated rings. The molecule has 0 aliphatic rings. The van der Waals surface area contributed by atoms with Crippen molar-refractivity contribution < 1.29 is 22.4 Å². The monoisotopic (exact) mass is 567 g/mol. The highest BCUT2D eigenvalue weighted by atomic mass is 32.2. The van der Waals surface area contributed by atoms with Crippen LogP contribution in [0.3, 0.4) is 0 Å². The summed E-state index contributed by atoms with van der Waals surface area (Å²) in [4.78, 5) is 28.4. The standard InChI is InChI=1S/C31H38FN3O4S/c1-7-24-12-9-11-15-28(24)35(40(38,39)26-18-16-22(2)17-19-26)21-29(36)34(20-25-13-8-10-14-27(25)32)23(3)30(37)33-31(4,5)6/h8-19,23H,7,20-21H2,1-6H3,(H,33,37)/t23-/m1/s1. The molecular weight excluding hydrogens is 529 g/mol. The molecule has 9 heteroatoms. The predicted octanol–water partition coefficient (Wildman–Crippen LogP) is 5.22. The Morgan fingerprint density at radius 1 is 0.925 bits per heavy atom. The van der Waals surface area contributed by atoms with Crippen LogP contribution in [0.15, 0.2) is 77.7 Å². The molecular formula is C31H38FN3O4S. The second-order valence-corrected chi connectivity index (χ2v) is 12.7. The maximum Gasteiger partial charge on any atom is 0.264 e. The Bertz CT molecular complexity index is 1450. The highest BCUT2D eigenvalue weighted by molar-refractivity contribution is 7.92. The Kier molecular flexibility index (Phi) is 9.73. The van der Waals surface area contributed by atoms with Gasteiger partial charge in [-0.25, -0.2) is 12.8 Å². The van der Waals surface area contributed by atoms with Crippen LogP contribution >= 0.6 is 0 Å². The fourth-order valence-corrected chi connectivity index (χ4v) is 5.72. The molecule has 3 aromatic carbocycles. The molecule has 40 heavy (non-hydrogen) atoms. The van der Waals surface area contributed by atoms with Gasteiger partial charge in [-0.15, -0.1) is 0 Å². The van der Waals surface area contributed by atoms with Crippen molar-refractivity contribution in [3.05, 3.63) is 95.3 Å². The van der Waals surface area contributed by atoms with Crippen LogP contribution in [0.2, 0.25) is 0 Å². The van der Waals surface area contributed by atoms with E-state index < -0.39 is 45.8 Å². The molecule has 0 aliphatic heterocycles. The average Bonchev–Trinajstić information content (AvgIpc) is 2.90. The number of anilines is 1. The zero-order valence-corrected chi connectivity index (χ0v) is 24.8. The van der Waals surface area contributed by atoms with Gasteiger partial charge >= 0.3 is 0 Å². The quantitative estimate of drug-likeness (QED) is 0.364. The molecule has 2 amide bonds. The SMILES string of the molecule is CCc1ccccc1N(CC(=O)N(Cc1ccccc1F)[C@H](C)C(=O)NC(C)(C)C)S(=O)(=O)c1ccc(C)cc1. The van der Waals surface area contributed by atoms with E-state index in [1.807, 2.05) is 46.8 Å². The third-order valence-corrected chi connectivity index (χ3v) is 8.27. The van der Waals surface area contributed by atoms with Gasteiger partial charge in [-0.1, -0.05) is 61.0 Å². The van der Waals surface area contributed by atoms with Crippen LogP contribution in [0.4, 0.5) is 10.1 Å². The first-order valence-corrected chi connectivity index (χ1v) is 14.7. The summed E-state index contributed by atoms with van der Waals surface area (Å²) < 4.78 is 43.7. The van der Waals surface area contributed by atoms with Crippen molar-refractivity contribution in [2.75, 3.05) is 10.8 Å². The zero-order valence-electron chi connectivity index (χ0n) is 23.9. The maximum absolute atomic E-state index is 14.7. The van der Waals surface area contributed by atoms with E-state index in [0.29, 0.717) is 12.1 Å². The Balaban J connectivity index is 2.09. The Hall–Kier alpha value is -3.72. The number of para-hydroxylation sites is 1. The van der Waals surface area contributed by atoms with Gasteiger partial charge in [-0.3, -0.25) is 13.9 Å². The molecule has 7 nitrogen and oxygen atoms in total. The van der Waals surface area contributed by atoms with E-state index in [-0.39, 0.29) is 17.0 Å². The number of rotatable bonds is 10. The van der Waals surface area contributed by atoms with E-state index in [1.54, 1.807) is 37.3 Å². The number of carbonyl (C=O) groups excluding carboxylic acids is 2. The molecule has 0 heterocycles. The van der Waals surface area contributed by atoms with E-state index in [9.17, 15) is 22.4 Å². The number of hydrogen-bond donors (Lipinski definition) is 1. The van der Waals surface area contributed by atoms with Crippen LogP contribution in [-0.4, -0.2) is 43.3 Å². The van der Waals surface area contributed by atoms with E-state index >= 15 is 0 Å². The molecule has 0 aliphatic carbocycles. The molecule has 1 atom stereocenters. The summed E-state index contributed by atoms with van der Waals surface area (Å²) in [7, 11) is -4.18. The Morgan fingerprint density at radius 3 is 2.08 bits per heavy atom. The summed E-state index contributed by atoms with van der Waals surface area (Å²) in [6, 6.07) is 18.4. The van der Waals surface area contributed by atoms with E-state index in [0.717, 1.165) is 15.4 Å². The lowest BCUT2D eigenvalue weighted by Gasteiger charge is -2.34. The highest BCUT2D eigenvalue weighted by Crippen LogP contribution is 2.28. The van der Waals surface area contributed by atoms with Crippen molar-refractivity contribution in [1.82, 2.24) is 10.2 Å². The minimum absolute atomic E-state index is 0.0379. The number of amides is 2. The molecule has 1 N–H and O–H groups in total. The summed E-state index contributed by atoms with van der Waals surface area (Å²) in [5.41, 5.74) is 1.65. The lowest BCUT2D eigenvalue weighted by atomic mass is 10.1. The summed E-state index contributed by atoms with van der Waals surface area (Å²) in [6.07, 6.45) is 0.535. The fourth-order valence-electron chi connectivity index (χ4n) is 4.27. The third kappa shape index (κ3) is 7.47. The first-order valence-electron chi connectivity index (χ1n) is 13.3. The Labute approximate surface area is 237 Å². The third-order valence-electron chi connectivity index (χ3n) is 6.49. The number of hydrogen-bond acceptors (Lipinski definition) is 4. The van der Waals surface area contributed by atoms with E-state index in [2.05, 4.69) is 5.32 Å². The summed E-state index contributed by atoms with van der Waals surface area (Å²) in [6.45, 7) is 9.98. The minimum Gasteiger partial charge on any atom is -0.350 e. The lowest BCUT2D eigenvalue weighted by molar-refractivity contribution is -0.140. The van der Waals surface area contributed by atoms with Crippen LogP contribution in [0.25, 0.3) is 0 Å². The Morgan fingerprint density at radius 2 is 1.50 bits per heavy atom. The lowest BCUT2D eigenvalue weighted by Crippen LogP contribution is -2.54. The largest absolute Gasteiger partial charge is 0.350 e. The van der Waals surface area contributed by atoms with Gasteiger partial charge in [-0.05, 0) is 70.9 Å². The smallest absolute Gasteiger partial charge is 0.264 e. The van der Waals surface area contributed by atoms with Gasteiger partial charge in [0.15, 0.2) is 0 Å². The maximum atomic E-state index is 14.7. The van der Waals surface area contributed by atoms with E-state index in [1.165, 1.54) is 35.2 Å². The van der Waals surface area contributed by atoms with E-state index in [4.69, 9.17) is 0 Å². The van der Waals surface area contributed by atoms with Crippen molar-refractivity contribution in [2.45, 2.75) is 71.0 Å². The molecule has 3 rings (SSSR count). The van der Waals surface area contributed by atoms with Crippen molar-refractivity contribution in [3.63, 3.8) is 0 Å². The molecule has 0 spiro atoms. The fraction of sp³-hybridized carbons (Fsp3) is 0.355. The molecule has 0 saturated heterocycles. The van der Waals surface area contributed by atoms with Crippen molar-refractivity contribution in [2.24, 2.45) is 0 Å². The van der Waals surface area contributed by atoms with Crippen molar-refractivity contribution in [3.8, 4) is 0 Å². The van der Waals surface area contributed by atoms with Gasteiger partial charge in [0.2, 0.25) is 11.8 Å². The van der Waals surface area contributed by atoms with Gasteiger partial charge in [0.25, 0.3) is 10.0 Å². The van der Waals surface area contributed by atoms with Gasteiger partial charge in [0, 0.05) is 17.6 Å². The van der Waals surface area contributed by atoms with Gasteiger partial charge < -0.3 is 10.2 Å². The number of nitrogens with zero attached hydrogens (tertiary/aromatic N) is 2. The van der Waals surface area contributed by atoms with Crippen LogP contribution in [0, 0.1) is 12.7 Å². The highest BCUT2D eigenvalue weighted by Gasteiger charge is 2.34. The van der Waals surface area contributed by atoms with Gasteiger partial charge in [-0.2, -0.15) is 0 Å². The molecule has 0 unspecified atom stereocenters. The molecule has 3 aromatic rings. The molecule has 214 valence electrons. The number of benzene rings is 3. The summed E-state index contributed by atoms with van der Waals surface area (Å²) >= 11 is 0. The van der Waals surface area contributed by atoms with Gasteiger partial charge in [0.1, 0.15) is 18.4 Å². The zero-order chi connectivity index (χ0) is 29.7. The average molecular weight is 568 g/mol. The molecule has 0 radical (unpaired) electrons. The minimum atomic E-state index is -4.18. The molecule has 0 aromatic heterocycles. The summed E-state index contributed by atoms with van der Waals surface area (Å²) in [5.74, 6) is -1.59. The van der Waals surface area contributed by atoms with Gasteiger partial charge in [0.05, 0.1) is 10.6 Å². The van der Waals surface area contributed by atoms with Crippen LogP contribution in [-0.2, 0) is 32.6 Å². The topological polar surface area (TPSA) is 86.8 Å². The number of carbonyl (C=O) groups is 2. The number of sulfonamides is 1. The second-order valence-electron chi connectivity index (χ2n) is 10.8. The second kappa shape index (κ2) is 12.6. The number of halogens is 1. The molecule has 0 bridgehead atoms. The number of nitrogens with one attached hydrogen (secondary N) is 1. The van der Waals surface area contributed by atoms with Crippen molar-refractivity contribution >= 4 is 27.5 Å². The normalized spacial score (nSPS) is 12.5. The predicted molar refractivity (Wildman–Crippen MR) is 156 cm³/mol. The first kappa shape index (κ1) is 30.8. The van der Waals surface area contributed by atoms with Crippen molar-refractivity contribution in [1.29, 1.82) is 0 Å². The number of aryl methyl sites for hydroxylation is 2. The van der Waals surface area contributed by atoms with Crippen LogP contribution in [0.5, 0.6) is 0 Å². The van der Waals surface area contributed by atoms with Crippen LogP contribution in [0.1, 0.15) is 51.3 Å². The molecule has 0 saturated carbocycles.